The van der Waals surface area contributed by atoms with Crippen molar-refractivity contribution in [1.29, 1.82) is 0 Å². The highest BCUT2D eigenvalue weighted by Crippen LogP contribution is 2.13. The average Bonchev–Trinajstić information content (AvgIpc) is 2.90. The van der Waals surface area contributed by atoms with Crippen molar-refractivity contribution in [2.24, 2.45) is 0 Å². The average molecular weight is 528 g/mol. The predicted octanol–water partition coefficient (Wildman–Crippen LogP) is 8.73. The fourth-order valence-electron chi connectivity index (χ4n) is 4.79. The molecule has 0 aromatic carbocycles. The molecule has 220 valence electrons. The zero-order valence-corrected chi connectivity index (χ0v) is 24.4. The Balaban J connectivity index is 3.64. The highest BCUT2D eigenvalue weighted by atomic mass is 19.1. The highest BCUT2D eigenvalue weighted by Gasteiger charge is 2.17. The van der Waals surface area contributed by atoms with Crippen LogP contribution < -0.4 is 5.32 Å². The van der Waals surface area contributed by atoms with E-state index in [1.807, 2.05) is 6.08 Å². The molecular weight excluding hydrogens is 465 g/mol. The molecule has 4 nitrogen and oxygen atoms in total. The number of hydrogen-bond donors (Lipinski definition) is 3. The van der Waals surface area contributed by atoms with Gasteiger partial charge in [0.25, 0.3) is 0 Å². The topological polar surface area (TPSA) is 69.6 Å². The summed E-state index contributed by atoms with van der Waals surface area (Å²) in [7, 11) is 0. The lowest BCUT2D eigenvalue weighted by Crippen LogP contribution is -2.45. The number of aliphatic hydroxyl groups excluding tert-OH is 2. The first kappa shape index (κ1) is 36.1. The second-order valence-corrected chi connectivity index (χ2v) is 10.9. The first-order valence-corrected chi connectivity index (χ1v) is 16.0. The van der Waals surface area contributed by atoms with Gasteiger partial charge in [0.15, 0.2) is 0 Å². The molecule has 0 unspecified atom stereocenters. The summed E-state index contributed by atoms with van der Waals surface area (Å²) in [5, 5.41) is 22.7. The summed E-state index contributed by atoms with van der Waals surface area (Å²) in [6.45, 7) is 1.82. The lowest BCUT2D eigenvalue weighted by Gasteiger charge is -2.20. The summed E-state index contributed by atoms with van der Waals surface area (Å²) in [6, 6.07) is -0.631. The first-order chi connectivity index (χ1) is 18.2. The van der Waals surface area contributed by atoms with E-state index in [2.05, 4.69) is 12.2 Å². The SMILES string of the molecule is CCCCCCCCCCCC/C=C/[C@@H](O)[C@H](CO)NC(=O)CCCCCCCCCCCCCCF. The quantitative estimate of drug-likeness (QED) is 0.0673. The van der Waals surface area contributed by atoms with Crippen molar-refractivity contribution in [2.45, 2.75) is 173 Å². The van der Waals surface area contributed by atoms with E-state index < -0.39 is 12.1 Å². The van der Waals surface area contributed by atoms with E-state index in [1.54, 1.807) is 6.08 Å². The van der Waals surface area contributed by atoms with Gasteiger partial charge in [0.05, 0.1) is 25.4 Å². The molecule has 0 aromatic rings. The monoisotopic (exact) mass is 527 g/mol. The summed E-state index contributed by atoms with van der Waals surface area (Å²) in [5.41, 5.74) is 0. The minimum absolute atomic E-state index is 0.0889. The maximum Gasteiger partial charge on any atom is 0.220 e. The molecule has 0 aliphatic rings. The van der Waals surface area contributed by atoms with Gasteiger partial charge in [-0.05, 0) is 25.7 Å². The molecule has 2 atom stereocenters. The van der Waals surface area contributed by atoms with Crippen LogP contribution in [0.15, 0.2) is 12.2 Å². The first-order valence-electron chi connectivity index (χ1n) is 16.0. The largest absolute Gasteiger partial charge is 0.394 e. The van der Waals surface area contributed by atoms with Gasteiger partial charge < -0.3 is 15.5 Å². The van der Waals surface area contributed by atoms with E-state index in [1.165, 1.54) is 96.3 Å². The summed E-state index contributed by atoms with van der Waals surface area (Å²) in [6.07, 6.45) is 30.8. The number of aliphatic hydroxyl groups is 2. The van der Waals surface area contributed by atoms with Gasteiger partial charge in [-0.1, -0.05) is 141 Å². The maximum absolute atomic E-state index is 12.2. The molecule has 0 radical (unpaired) electrons. The van der Waals surface area contributed by atoms with E-state index >= 15 is 0 Å². The van der Waals surface area contributed by atoms with Crippen molar-refractivity contribution in [2.75, 3.05) is 13.3 Å². The second-order valence-electron chi connectivity index (χ2n) is 10.9. The van der Waals surface area contributed by atoms with Crippen LogP contribution in [0.5, 0.6) is 0 Å². The molecule has 5 heteroatoms. The fraction of sp³-hybridized carbons (Fsp3) is 0.906. The van der Waals surface area contributed by atoms with E-state index in [0.29, 0.717) is 6.42 Å². The Morgan fingerprint density at radius 2 is 1.14 bits per heavy atom. The summed E-state index contributed by atoms with van der Waals surface area (Å²) < 4.78 is 12.0. The van der Waals surface area contributed by atoms with Gasteiger partial charge in [-0.3, -0.25) is 9.18 Å². The Bertz CT molecular complexity index is 500. The fourth-order valence-corrected chi connectivity index (χ4v) is 4.79. The molecule has 0 aromatic heterocycles. The van der Waals surface area contributed by atoms with Crippen LogP contribution in [0.4, 0.5) is 4.39 Å². The van der Waals surface area contributed by atoms with Crippen molar-refractivity contribution in [1.82, 2.24) is 5.32 Å². The molecule has 0 aliphatic heterocycles. The Kier molecular flexibility index (Phi) is 28.9. The molecule has 0 saturated carbocycles. The molecule has 0 aliphatic carbocycles. The van der Waals surface area contributed by atoms with Gasteiger partial charge in [0.1, 0.15) is 0 Å². The molecule has 0 saturated heterocycles. The number of halogens is 1. The number of hydrogen-bond acceptors (Lipinski definition) is 3. The highest BCUT2D eigenvalue weighted by molar-refractivity contribution is 5.76. The maximum atomic E-state index is 12.2. The molecule has 0 bridgehead atoms. The van der Waals surface area contributed by atoms with Gasteiger partial charge >= 0.3 is 0 Å². The third kappa shape index (κ3) is 26.5. The molecule has 3 N–H and O–H groups in total. The van der Waals surface area contributed by atoms with Gasteiger partial charge in [-0.2, -0.15) is 0 Å². The van der Waals surface area contributed by atoms with Crippen LogP contribution in [0.25, 0.3) is 0 Å². The van der Waals surface area contributed by atoms with Crippen LogP contribution in [-0.4, -0.2) is 41.5 Å². The van der Waals surface area contributed by atoms with Crippen molar-refractivity contribution in [3.63, 3.8) is 0 Å². The third-order valence-electron chi connectivity index (χ3n) is 7.30. The van der Waals surface area contributed by atoms with Crippen LogP contribution in [0, 0.1) is 0 Å². The zero-order chi connectivity index (χ0) is 27.2. The van der Waals surface area contributed by atoms with E-state index in [0.717, 1.165) is 51.4 Å². The van der Waals surface area contributed by atoms with Crippen LogP contribution in [0.2, 0.25) is 0 Å². The smallest absolute Gasteiger partial charge is 0.220 e. The number of carbonyl (C=O) groups excluding carboxylic acids is 1. The summed E-state index contributed by atoms with van der Waals surface area (Å²) in [4.78, 5) is 12.2. The number of allylic oxidation sites excluding steroid dienone is 1. The zero-order valence-electron chi connectivity index (χ0n) is 24.4. The Morgan fingerprint density at radius 1 is 0.703 bits per heavy atom. The summed E-state index contributed by atoms with van der Waals surface area (Å²) >= 11 is 0. The minimum Gasteiger partial charge on any atom is -0.394 e. The number of nitrogens with one attached hydrogen (secondary N) is 1. The predicted molar refractivity (Wildman–Crippen MR) is 157 cm³/mol. The number of rotatable bonds is 29. The molecule has 0 heterocycles. The van der Waals surface area contributed by atoms with Crippen LogP contribution in [-0.2, 0) is 4.79 Å². The van der Waals surface area contributed by atoms with E-state index in [9.17, 15) is 19.4 Å². The number of amides is 1. The Labute approximate surface area is 229 Å². The van der Waals surface area contributed by atoms with Crippen LogP contribution in [0.3, 0.4) is 0 Å². The van der Waals surface area contributed by atoms with Crippen molar-refractivity contribution in [3.8, 4) is 0 Å². The Hall–Kier alpha value is -0.940. The van der Waals surface area contributed by atoms with E-state index in [4.69, 9.17) is 0 Å². The van der Waals surface area contributed by atoms with Gasteiger partial charge in [-0.15, -0.1) is 0 Å². The number of unbranched alkanes of at least 4 members (excludes halogenated alkanes) is 21. The second kappa shape index (κ2) is 29.6. The van der Waals surface area contributed by atoms with Crippen molar-refractivity contribution in [3.05, 3.63) is 12.2 Å². The molecule has 0 fully saturated rings. The van der Waals surface area contributed by atoms with Crippen molar-refractivity contribution >= 4 is 5.91 Å². The normalized spacial score (nSPS) is 13.3. The molecule has 0 rings (SSSR count). The number of carbonyl (C=O) groups is 1. The van der Waals surface area contributed by atoms with Gasteiger partial charge in [0, 0.05) is 6.42 Å². The molecule has 0 spiro atoms. The van der Waals surface area contributed by atoms with E-state index in [-0.39, 0.29) is 19.2 Å². The van der Waals surface area contributed by atoms with Crippen LogP contribution >= 0.6 is 0 Å². The molecular formula is C32H62FNO3. The summed E-state index contributed by atoms with van der Waals surface area (Å²) in [5.74, 6) is -0.0889. The molecule has 1 amide bonds. The van der Waals surface area contributed by atoms with Crippen LogP contribution in [0.1, 0.15) is 161 Å². The lowest BCUT2D eigenvalue weighted by atomic mass is 10.0. The van der Waals surface area contributed by atoms with Gasteiger partial charge in [-0.25, -0.2) is 0 Å². The third-order valence-corrected chi connectivity index (χ3v) is 7.30. The standard InChI is InChI=1S/C32H62FNO3/c1-2-3-4-5-6-7-8-11-14-17-20-23-26-31(36)30(29-35)34-32(37)27-24-21-18-15-12-9-10-13-16-19-22-25-28-33/h23,26,30-31,35-36H,2-22,24-25,27-29H2,1H3,(H,34,37)/b26-23+/t30-,31+/m0/s1. The lowest BCUT2D eigenvalue weighted by molar-refractivity contribution is -0.123. The van der Waals surface area contributed by atoms with Gasteiger partial charge in [0.2, 0.25) is 5.91 Å². The Morgan fingerprint density at radius 3 is 1.59 bits per heavy atom. The molecule has 37 heavy (non-hydrogen) atoms. The number of alkyl halides is 1. The van der Waals surface area contributed by atoms with Crippen molar-refractivity contribution < 1.29 is 19.4 Å². The minimum atomic E-state index is -0.847.